The Hall–Kier alpha value is -2.01. The zero-order chi connectivity index (χ0) is 11.8. The largest absolute Gasteiger partial charge is 0.313 e. The topological polar surface area (TPSA) is 58.6 Å². The first kappa shape index (κ1) is 10.2. The van der Waals surface area contributed by atoms with Crippen LogP contribution in [0.1, 0.15) is 5.56 Å². The van der Waals surface area contributed by atoms with E-state index in [1.54, 1.807) is 6.20 Å². The smallest absolute Gasteiger partial charge is 0.260 e. The molecular weight excluding hydrogens is 234 g/mol. The van der Waals surface area contributed by atoms with Gasteiger partial charge in [-0.25, -0.2) is 4.98 Å². The van der Waals surface area contributed by atoms with Gasteiger partial charge in [-0.15, -0.1) is 11.3 Å². The number of nitrogens with one attached hydrogen (secondary N) is 1. The lowest BCUT2D eigenvalue weighted by Gasteiger charge is -1.98. The van der Waals surface area contributed by atoms with Crippen molar-refractivity contribution < 1.29 is 0 Å². The number of hydrogen-bond acceptors (Lipinski definition) is 4. The maximum Gasteiger partial charge on any atom is 0.260 e. The van der Waals surface area contributed by atoms with Crippen LogP contribution < -0.4 is 5.56 Å². The van der Waals surface area contributed by atoms with Crippen molar-refractivity contribution in [2.75, 3.05) is 0 Å². The van der Waals surface area contributed by atoms with Crippen molar-refractivity contribution in [1.82, 2.24) is 15.0 Å². The molecule has 0 bridgehead atoms. The fraction of sp³-hybridized carbons (Fsp3) is 0.0833. The first-order valence-electron chi connectivity index (χ1n) is 5.13. The van der Waals surface area contributed by atoms with Crippen LogP contribution >= 0.6 is 11.3 Å². The molecule has 0 aliphatic heterocycles. The molecule has 0 aliphatic rings. The van der Waals surface area contributed by atoms with Crippen molar-refractivity contribution in [3.8, 4) is 11.3 Å². The molecule has 0 radical (unpaired) electrons. The second kappa shape index (κ2) is 3.78. The van der Waals surface area contributed by atoms with Gasteiger partial charge in [-0.3, -0.25) is 9.78 Å². The third-order valence-electron chi connectivity index (χ3n) is 2.56. The Morgan fingerprint density at radius 2 is 2.18 bits per heavy atom. The minimum Gasteiger partial charge on any atom is -0.313 e. The van der Waals surface area contributed by atoms with Crippen molar-refractivity contribution in [3.63, 3.8) is 0 Å². The summed E-state index contributed by atoms with van der Waals surface area (Å²) < 4.78 is 0. The lowest BCUT2D eigenvalue weighted by atomic mass is 10.1. The predicted molar refractivity (Wildman–Crippen MR) is 68.2 cm³/mol. The lowest BCUT2D eigenvalue weighted by molar-refractivity contribution is 1.18. The summed E-state index contributed by atoms with van der Waals surface area (Å²) >= 11 is 1.46. The van der Waals surface area contributed by atoms with Gasteiger partial charge in [-0.1, -0.05) is 6.07 Å². The van der Waals surface area contributed by atoms with Gasteiger partial charge in [0.1, 0.15) is 4.83 Å². The number of aromatic amines is 1. The molecule has 0 amide bonds. The molecule has 3 aromatic heterocycles. The van der Waals surface area contributed by atoms with Gasteiger partial charge in [0.15, 0.2) is 0 Å². The van der Waals surface area contributed by atoms with Gasteiger partial charge >= 0.3 is 0 Å². The summed E-state index contributed by atoms with van der Waals surface area (Å²) in [7, 11) is 0. The molecule has 0 aliphatic carbocycles. The van der Waals surface area contributed by atoms with Gasteiger partial charge in [0.05, 0.1) is 17.4 Å². The third kappa shape index (κ3) is 1.64. The van der Waals surface area contributed by atoms with Crippen LogP contribution in [-0.2, 0) is 0 Å². The molecule has 5 heteroatoms. The van der Waals surface area contributed by atoms with Crippen molar-refractivity contribution in [3.05, 3.63) is 46.0 Å². The molecule has 0 spiro atoms. The molecule has 84 valence electrons. The highest BCUT2D eigenvalue weighted by molar-refractivity contribution is 7.17. The summed E-state index contributed by atoms with van der Waals surface area (Å²) in [6.45, 7) is 1.98. The van der Waals surface area contributed by atoms with Crippen LogP contribution in [-0.4, -0.2) is 15.0 Å². The van der Waals surface area contributed by atoms with Crippen LogP contribution in [0.5, 0.6) is 0 Å². The van der Waals surface area contributed by atoms with E-state index in [4.69, 9.17) is 0 Å². The van der Waals surface area contributed by atoms with Crippen LogP contribution in [0.4, 0.5) is 0 Å². The molecule has 17 heavy (non-hydrogen) atoms. The highest BCUT2D eigenvalue weighted by Gasteiger charge is 2.11. The molecule has 3 rings (SSSR count). The van der Waals surface area contributed by atoms with E-state index >= 15 is 0 Å². The predicted octanol–water partition coefficient (Wildman–Crippen LogP) is 2.36. The molecule has 3 heterocycles. The Morgan fingerprint density at radius 3 is 2.94 bits per heavy atom. The van der Waals surface area contributed by atoms with E-state index < -0.39 is 0 Å². The number of H-pyrrole nitrogens is 1. The molecule has 0 fully saturated rings. The fourth-order valence-electron chi connectivity index (χ4n) is 1.70. The van der Waals surface area contributed by atoms with E-state index in [0.29, 0.717) is 5.39 Å². The number of pyridine rings is 1. The number of rotatable bonds is 1. The first-order chi connectivity index (χ1) is 8.25. The van der Waals surface area contributed by atoms with Gasteiger partial charge in [0.25, 0.3) is 5.56 Å². The quantitative estimate of drug-likeness (QED) is 0.713. The van der Waals surface area contributed by atoms with Gasteiger partial charge in [0, 0.05) is 17.1 Å². The normalized spacial score (nSPS) is 10.9. The van der Waals surface area contributed by atoms with Crippen molar-refractivity contribution >= 4 is 21.6 Å². The van der Waals surface area contributed by atoms with E-state index in [9.17, 15) is 4.79 Å². The number of thiophene rings is 1. The third-order valence-corrected chi connectivity index (χ3v) is 3.45. The van der Waals surface area contributed by atoms with E-state index in [-0.39, 0.29) is 5.56 Å². The number of fused-ring (bicyclic) bond motifs is 1. The van der Waals surface area contributed by atoms with Crippen molar-refractivity contribution in [2.45, 2.75) is 6.92 Å². The fourth-order valence-corrected chi connectivity index (χ4v) is 2.60. The first-order valence-corrected chi connectivity index (χ1v) is 6.01. The minimum absolute atomic E-state index is 0.117. The molecule has 0 atom stereocenters. The summed E-state index contributed by atoms with van der Waals surface area (Å²) in [4.78, 5) is 23.6. The van der Waals surface area contributed by atoms with Crippen LogP contribution in [0.25, 0.3) is 21.5 Å². The highest BCUT2D eigenvalue weighted by atomic mass is 32.1. The Morgan fingerprint density at radius 1 is 1.29 bits per heavy atom. The molecule has 0 saturated heterocycles. The Labute approximate surface area is 101 Å². The van der Waals surface area contributed by atoms with Gasteiger partial charge in [-0.2, -0.15) is 0 Å². The average Bonchev–Trinajstić information content (AvgIpc) is 2.75. The zero-order valence-corrected chi connectivity index (χ0v) is 9.91. The second-order valence-corrected chi connectivity index (χ2v) is 4.64. The van der Waals surface area contributed by atoms with Crippen molar-refractivity contribution in [1.29, 1.82) is 0 Å². The highest BCUT2D eigenvalue weighted by Crippen LogP contribution is 2.28. The monoisotopic (exact) mass is 243 g/mol. The number of aryl methyl sites for hydroxylation is 1. The Kier molecular flexibility index (Phi) is 2.26. The molecule has 0 aromatic carbocycles. The molecule has 4 nitrogen and oxygen atoms in total. The summed E-state index contributed by atoms with van der Waals surface area (Å²) in [6.07, 6.45) is 3.22. The molecule has 1 N–H and O–H groups in total. The maximum atomic E-state index is 11.8. The summed E-state index contributed by atoms with van der Waals surface area (Å²) in [5, 5.41) is 2.54. The van der Waals surface area contributed by atoms with Crippen LogP contribution in [0.3, 0.4) is 0 Å². The number of nitrogens with zero attached hydrogens (tertiary/aromatic N) is 2. The Bertz CT molecular complexity index is 727. The maximum absolute atomic E-state index is 11.8. The summed E-state index contributed by atoms with van der Waals surface area (Å²) in [5.41, 5.74) is 2.63. The minimum atomic E-state index is -0.117. The van der Waals surface area contributed by atoms with Crippen molar-refractivity contribution in [2.24, 2.45) is 0 Å². The summed E-state index contributed by atoms with van der Waals surface area (Å²) in [5.74, 6) is 0. The Balaban J connectivity index is 2.31. The zero-order valence-electron chi connectivity index (χ0n) is 9.10. The second-order valence-electron chi connectivity index (χ2n) is 3.78. The molecule has 3 aromatic rings. The molecular formula is C12H9N3OS. The number of hydrogen-bond donors (Lipinski definition) is 1. The van der Waals surface area contributed by atoms with E-state index in [1.807, 2.05) is 24.4 Å². The summed E-state index contributed by atoms with van der Waals surface area (Å²) in [6, 6.07) is 3.90. The van der Waals surface area contributed by atoms with Crippen LogP contribution in [0.2, 0.25) is 0 Å². The average molecular weight is 243 g/mol. The van der Waals surface area contributed by atoms with Gasteiger partial charge in [-0.05, 0) is 18.6 Å². The van der Waals surface area contributed by atoms with Crippen LogP contribution in [0.15, 0.2) is 34.8 Å². The van der Waals surface area contributed by atoms with Gasteiger partial charge < -0.3 is 4.98 Å². The standard InChI is InChI=1S/C12H9N3OS/c1-7-2-3-9(13-4-7)8-5-17-12-10(8)11(16)14-6-15-12/h2-6H,1H3,(H,14,15,16). The van der Waals surface area contributed by atoms with E-state index in [0.717, 1.165) is 21.7 Å². The molecule has 0 unspecified atom stereocenters. The lowest BCUT2D eigenvalue weighted by Crippen LogP contribution is -2.05. The number of aromatic nitrogens is 3. The van der Waals surface area contributed by atoms with Gasteiger partial charge in [0.2, 0.25) is 0 Å². The van der Waals surface area contributed by atoms with Crippen LogP contribution in [0, 0.1) is 6.92 Å². The van der Waals surface area contributed by atoms with E-state index in [1.165, 1.54) is 17.7 Å². The van der Waals surface area contributed by atoms with E-state index in [2.05, 4.69) is 15.0 Å². The SMILES string of the molecule is Cc1ccc(-c2csc3nc[nH]c(=O)c23)nc1. The molecule has 0 saturated carbocycles.